The Hall–Kier alpha value is -2.81. The highest BCUT2D eigenvalue weighted by atomic mass is 16.1. The fourth-order valence-corrected chi connectivity index (χ4v) is 2.83. The molecule has 0 bridgehead atoms. The molecule has 3 heterocycles. The van der Waals surface area contributed by atoms with Gasteiger partial charge in [-0.2, -0.15) is 15.0 Å². The molecule has 1 saturated heterocycles. The molecule has 0 atom stereocenters. The van der Waals surface area contributed by atoms with Crippen molar-refractivity contribution in [3.05, 3.63) is 29.7 Å². The van der Waals surface area contributed by atoms with Gasteiger partial charge < -0.3 is 20.4 Å². The van der Waals surface area contributed by atoms with Gasteiger partial charge in [-0.15, -0.1) is 0 Å². The number of hydrogen-bond donors (Lipinski definition) is 2. The summed E-state index contributed by atoms with van der Waals surface area (Å²) in [6, 6.07) is 3.50. The Balaban J connectivity index is 1.72. The molecule has 150 valence electrons. The summed E-state index contributed by atoms with van der Waals surface area (Å²) in [6.45, 7) is 8.44. The molecular formula is C19H28N8O. The van der Waals surface area contributed by atoms with Crippen molar-refractivity contribution in [2.45, 2.75) is 26.7 Å². The molecule has 9 nitrogen and oxygen atoms in total. The van der Waals surface area contributed by atoms with Gasteiger partial charge in [0.2, 0.25) is 11.9 Å². The lowest BCUT2D eigenvalue weighted by atomic mass is 10.2. The molecule has 1 fully saturated rings. The van der Waals surface area contributed by atoms with E-state index in [-0.39, 0.29) is 5.91 Å². The third-order valence-corrected chi connectivity index (χ3v) is 4.57. The van der Waals surface area contributed by atoms with E-state index < -0.39 is 0 Å². The van der Waals surface area contributed by atoms with E-state index in [0.717, 1.165) is 44.8 Å². The predicted octanol–water partition coefficient (Wildman–Crippen LogP) is 1.46. The number of carbonyl (C=O) groups excluding carboxylic acids is 1. The molecule has 1 aliphatic rings. The quantitative estimate of drug-likeness (QED) is 0.740. The number of hydrogen-bond acceptors (Lipinski definition) is 8. The zero-order chi connectivity index (χ0) is 19.9. The first-order chi connectivity index (χ1) is 13.6. The maximum absolute atomic E-state index is 12.0. The Morgan fingerprint density at radius 1 is 1.11 bits per heavy atom. The predicted molar refractivity (Wildman–Crippen MR) is 109 cm³/mol. The second-order valence-electron chi connectivity index (χ2n) is 6.83. The van der Waals surface area contributed by atoms with Crippen molar-refractivity contribution in [3.8, 4) is 0 Å². The first kappa shape index (κ1) is 19.9. The van der Waals surface area contributed by atoms with Gasteiger partial charge in [-0.05, 0) is 25.6 Å². The van der Waals surface area contributed by atoms with Crippen LogP contribution < -0.4 is 15.5 Å². The van der Waals surface area contributed by atoms with E-state index in [1.165, 1.54) is 0 Å². The molecular weight excluding hydrogens is 356 g/mol. The van der Waals surface area contributed by atoms with Crippen LogP contribution in [0.3, 0.4) is 0 Å². The SMILES string of the molecule is CCCNC(=O)c1ccc(Nc2nc(CC)nc(N3CCN(C)CC3)n2)nc1. The number of anilines is 3. The number of likely N-dealkylation sites (N-methyl/N-ethyl adjacent to an activating group) is 1. The topological polar surface area (TPSA) is 99.2 Å². The summed E-state index contributed by atoms with van der Waals surface area (Å²) in [5.74, 6) is 2.37. The highest BCUT2D eigenvalue weighted by Gasteiger charge is 2.18. The molecule has 2 N–H and O–H groups in total. The number of rotatable bonds is 7. The first-order valence-corrected chi connectivity index (χ1v) is 9.78. The summed E-state index contributed by atoms with van der Waals surface area (Å²) < 4.78 is 0. The monoisotopic (exact) mass is 384 g/mol. The number of amides is 1. The lowest BCUT2D eigenvalue weighted by molar-refractivity contribution is 0.0953. The summed E-state index contributed by atoms with van der Waals surface area (Å²) >= 11 is 0. The summed E-state index contributed by atoms with van der Waals surface area (Å²) in [7, 11) is 2.12. The molecule has 0 aromatic carbocycles. The van der Waals surface area contributed by atoms with Crippen LogP contribution in [0.4, 0.5) is 17.7 Å². The van der Waals surface area contributed by atoms with Gasteiger partial charge in [-0.25, -0.2) is 4.98 Å². The summed E-state index contributed by atoms with van der Waals surface area (Å²) in [4.78, 5) is 34.4. The molecule has 9 heteroatoms. The van der Waals surface area contributed by atoms with Crippen molar-refractivity contribution in [3.63, 3.8) is 0 Å². The van der Waals surface area contributed by atoms with Crippen LogP contribution in [0.25, 0.3) is 0 Å². The molecule has 0 unspecified atom stereocenters. The van der Waals surface area contributed by atoms with E-state index in [4.69, 9.17) is 0 Å². The van der Waals surface area contributed by atoms with Gasteiger partial charge in [0.15, 0.2) is 0 Å². The first-order valence-electron chi connectivity index (χ1n) is 9.78. The minimum Gasteiger partial charge on any atom is -0.352 e. The van der Waals surface area contributed by atoms with E-state index in [2.05, 4.69) is 47.4 Å². The fourth-order valence-electron chi connectivity index (χ4n) is 2.83. The number of aryl methyl sites for hydroxylation is 1. The zero-order valence-corrected chi connectivity index (χ0v) is 16.8. The molecule has 0 spiro atoms. The van der Waals surface area contributed by atoms with Gasteiger partial charge >= 0.3 is 0 Å². The van der Waals surface area contributed by atoms with E-state index in [0.29, 0.717) is 29.8 Å². The number of aromatic nitrogens is 4. The standard InChI is InChI=1S/C19H28N8O/c1-4-8-20-17(28)14-6-7-16(21-13-14)23-18-22-15(5-2)24-19(25-18)27-11-9-26(3)10-12-27/h6-7,13H,4-5,8-12H2,1-3H3,(H,20,28)(H,21,22,23,24,25). The highest BCUT2D eigenvalue weighted by molar-refractivity contribution is 5.94. The average Bonchev–Trinajstić information content (AvgIpc) is 2.72. The molecule has 0 saturated carbocycles. The van der Waals surface area contributed by atoms with Gasteiger partial charge in [0, 0.05) is 45.3 Å². The van der Waals surface area contributed by atoms with Crippen molar-refractivity contribution >= 4 is 23.6 Å². The van der Waals surface area contributed by atoms with E-state index >= 15 is 0 Å². The Kier molecular flexibility index (Phi) is 6.70. The molecule has 3 rings (SSSR count). The summed E-state index contributed by atoms with van der Waals surface area (Å²) in [6.07, 6.45) is 3.17. The third-order valence-electron chi connectivity index (χ3n) is 4.57. The molecule has 28 heavy (non-hydrogen) atoms. The lowest BCUT2D eigenvalue weighted by Gasteiger charge is -2.32. The van der Waals surface area contributed by atoms with Gasteiger partial charge in [-0.1, -0.05) is 13.8 Å². The van der Waals surface area contributed by atoms with Crippen molar-refractivity contribution in [1.82, 2.24) is 30.2 Å². The maximum atomic E-state index is 12.0. The maximum Gasteiger partial charge on any atom is 0.252 e. The second-order valence-corrected chi connectivity index (χ2v) is 6.83. The van der Waals surface area contributed by atoms with Crippen molar-refractivity contribution in [2.75, 3.05) is 50.0 Å². The molecule has 1 aliphatic heterocycles. The van der Waals surface area contributed by atoms with E-state index in [1.54, 1.807) is 18.3 Å². The highest BCUT2D eigenvalue weighted by Crippen LogP contribution is 2.16. The zero-order valence-electron chi connectivity index (χ0n) is 16.8. The van der Waals surface area contributed by atoms with Crippen LogP contribution in [0.1, 0.15) is 36.5 Å². The van der Waals surface area contributed by atoms with Gasteiger partial charge in [0.05, 0.1) is 5.56 Å². The fraction of sp³-hybridized carbons (Fsp3) is 0.526. The molecule has 1 amide bonds. The summed E-state index contributed by atoms with van der Waals surface area (Å²) in [5.41, 5.74) is 0.530. The van der Waals surface area contributed by atoms with Crippen molar-refractivity contribution in [1.29, 1.82) is 0 Å². The smallest absolute Gasteiger partial charge is 0.252 e. The van der Waals surface area contributed by atoms with Crippen LogP contribution in [0, 0.1) is 0 Å². The number of pyridine rings is 1. The average molecular weight is 384 g/mol. The van der Waals surface area contributed by atoms with Crippen LogP contribution in [-0.4, -0.2) is 70.5 Å². The van der Waals surface area contributed by atoms with Crippen LogP contribution in [0.5, 0.6) is 0 Å². The van der Waals surface area contributed by atoms with Crippen LogP contribution >= 0.6 is 0 Å². The normalized spacial score (nSPS) is 14.8. The van der Waals surface area contributed by atoms with Crippen molar-refractivity contribution in [2.24, 2.45) is 0 Å². The van der Waals surface area contributed by atoms with E-state index in [9.17, 15) is 4.79 Å². The number of nitrogens with zero attached hydrogens (tertiary/aromatic N) is 6. The lowest BCUT2D eigenvalue weighted by Crippen LogP contribution is -2.45. The number of carbonyl (C=O) groups is 1. The molecule has 0 radical (unpaired) electrons. The minimum atomic E-state index is -0.119. The van der Waals surface area contributed by atoms with Crippen LogP contribution in [0.15, 0.2) is 18.3 Å². The van der Waals surface area contributed by atoms with E-state index in [1.807, 2.05) is 13.8 Å². The summed E-state index contributed by atoms with van der Waals surface area (Å²) in [5, 5.41) is 5.97. The number of piperazine rings is 1. The van der Waals surface area contributed by atoms with Crippen LogP contribution in [-0.2, 0) is 6.42 Å². The van der Waals surface area contributed by atoms with Crippen molar-refractivity contribution < 1.29 is 4.79 Å². The molecule has 2 aromatic rings. The Morgan fingerprint density at radius 2 is 1.89 bits per heavy atom. The Labute approximate surface area is 165 Å². The largest absolute Gasteiger partial charge is 0.352 e. The second kappa shape index (κ2) is 9.41. The van der Waals surface area contributed by atoms with Gasteiger partial charge in [-0.3, -0.25) is 4.79 Å². The van der Waals surface area contributed by atoms with Gasteiger partial charge in [0.1, 0.15) is 11.6 Å². The minimum absolute atomic E-state index is 0.119. The van der Waals surface area contributed by atoms with Gasteiger partial charge in [0.25, 0.3) is 5.91 Å². The number of nitrogens with one attached hydrogen (secondary N) is 2. The molecule has 0 aliphatic carbocycles. The Bertz CT molecular complexity index is 787. The third kappa shape index (κ3) is 5.13. The van der Waals surface area contributed by atoms with Crippen LogP contribution in [0.2, 0.25) is 0 Å². The Morgan fingerprint density at radius 3 is 2.54 bits per heavy atom. The molecule has 2 aromatic heterocycles.